The van der Waals surface area contributed by atoms with Crippen molar-refractivity contribution in [2.75, 3.05) is 26.8 Å². The van der Waals surface area contributed by atoms with E-state index in [0.29, 0.717) is 6.61 Å². The second-order valence-corrected chi connectivity index (χ2v) is 5.67. The van der Waals surface area contributed by atoms with E-state index in [9.17, 15) is 0 Å². The molecule has 0 N–H and O–H groups in total. The number of benzene rings is 2. The van der Waals surface area contributed by atoms with E-state index in [2.05, 4.69) is 24.0 Å². The van der Waals surface area contributed by atoms with Gasteiger partial charge in [0.05, 0.1) is 7.11 Å². The molecule has 0 fully saturated rings. The predicted molar refractivity (Wildman–Crippen MR) is 90.3 cm³/mol. The first-order chi connectivity index (χ1) is 11.3. The second-order valence-electron chi connectivity index (χ2n) is 5.67. The topological polar surface area (TPSA) is 30.9 Å². The largest absolute Gasteiger partial charge is 0.497 e. The maximum absolute atomic E-state index is 6.05. The zero-order chi connectivity index (χ0) is 16.1. The average Bonchev–Trinajstić information content (AvgIpc) is 2.61. The summed E-state index contributed by atoms with van der Waals surface area (Å²) in [7, 11) is 1.69. The van der Waals surface area contributed by atoms with Crippen molar-refractivity contribution < 1.29 is 14.2 Å². The Kier molecular flexibility index (Phi) is 5.03. The van der Waals surface area contributed by atoms with Crippen molar-refractivity contribution in [1.82, 2.24) is 4.90 Å². The SMILES string of the molecule is CCN(Cc1ccc(OC)cc1)CC1COc2ccccc2O1. The van der Waals surface area contributed by atoms with Gasteiger partial charge in [-0.25, -0.2) is 0 Å². The molecular weight excluding hydrogens is 290 g/mol. The maximum atomic E-state index is 6.05. The van der Waals surface area contributed by atoms with Gasteiger partial charge in [0, 0.05) is 13.1 Å². The quantitative estimate of drug-likeness (QED) is 0.818. The van der Waals surface area contributed by atoms with Crippen molar-refractivity contribution in [3.8, 4) is 17.2 Å². The zero-order valence-electron chi connectivity index (χ0n) is 13.7. The number of fused-ring (bicyclic) bond motifs is 1. The molecule has 0 amide bonds. The molecule has 122 valence electrons. The fraction of sp³-hybridized carbons (Fsp3) is 0.368. The lowest BCUT2D eigenvalue weighted by molar-refractivity contribution is 0.0580. The third kappa shape index (κ3) is 3.96. The first-order valence-electron chi connectivity index (χ1n) is 8.02. The van der Waals surface area contributed by atoms with Gasteiger partial charge >= 0.3 is 0 Å². The molecule has 0 aromatic heterocycles. The van der Waals surface area contributed by atoms with Crippen LogP contribution < -0.4 is 14.2 Å². The molecule has 2 aromatic rings. The van der Waals surface area contributed by atoms with Crippen LogP contribution >= 0.6 is 0 Å². The van der Waals surface area contributed by atoms with Gasteiger partial charge in [-0.1, -0.05) is 31.2 Å². The summed E-state index contributed by atoms with van der Waals surface area (Å²) in [6.07, 6.45) is 0.0584. The molecule has 23 heavy (non-hydrogen) atoms. The van der Waals surface area contributed by atoms with Crippen LogP contribution in [0, 0.1) is 0 Å². The van der Waals surface area contributed by atoms with E-state index in [0.717, 1.165) is 36.9 Å². The van der Waals surface area contributed by atoms with E-state index in [1.165, 1.54) is 5.56 Å². The number of methoxy groups -OCH3 is 1. The molecule has 0 bridgehead atoms. The molecule has 4 nitrogen and oxygen atoms in total. The molecule has 1 atom stereocenters. The molecule has 0 radical (unpaired) electrons. The first kappa shape index (κ1) is 15.7. The number of para-hydroxylation sites is 2. The number of hydrogen-bond acceptors (Lipinski definition) is 4. The van der Waals surface area contributed by atoms with Crippen molar-refractivity contribution in [1.29, 1.82) is 0 Å². The Morgan fingerprint density at radius 3 is 2.52 bits per heavy atom. The number of likely N-dealkylation sites (N-methyl/N-ethyl adjacent to an activating group) is 1. The Morgan fingerprint density at radius 1 is 1.09 bits per heavy atom. The first-order valence-corrected chi connectivity index (χ1v) is 8.02. The normalized spacial score (nSPS) is 16.4. The molecule has 1 heterocycles. The molecule has 0 aliphatic carbocycles. The highest BCUT2D eigenvalue weighted by molar-refractivity contribution is 5.40. The smallest absolute Gasteiger partial charge is 0.161 e. The van der Waals surface area contributed by atoms with Gasteiger partial charge in [-0.15, -0.1) is 0 Å². The summed E-state index contributed by atoms with van der Waals surface area (Å²) < 4.78 is 17.1. The van der Waals surface area contributed by atoms with Crippen molar-refractivity contribution >= 4 is 0 Å². The summed E-state index contributed by atoms with van der Waals surface area (Å²) in [5, 5.41) is 0. The highest BCUT2D eigenvalue weighted by atomic mass is 16.6. The molecule has 1 aliphatic heterocycles. The highest BCUT2D eigenvalue weighted by Gasteiger charge is 2.22. The van der Waals surface area contributed by atoms with Gasteiger partial charge in [-0.05, 0) is 36.4 Å². The van der Waals surface area contributed by atoms with Crippen LogP contribution in [0.2, 0.25) is 0 Å². The number of nitrogens with zero attached hydrogens (tertiary/aromatic N) is 1. The minimum absolute atomic E-state index is 0.0584. The third-order valence-electron chi connectivity index (χ3n) is 4.04. The van der Waals surface area contributed by atoms with E-state index in [1.54, 1.807) is 7.11 Å². The van der Waals surface area contributed by atoms with Gasteiger partial charge < -0.3 is 14.2 Å². The highest BCUT2D eigenvalue weighted by Crippen LogP contribution is 2.31. The van der Waals surface area contributed by atoms with Gasteiger partial charge in [0.15, 0.2) is 11.5 Å². The fourth-order valence-electron chi connectivity index (χ4n) is 2.74. The Hall–Kier alpha value is -2.20. The summed E-state index contributed by atoms with van der Waals surface area (Å²) in [4.78, 5) is 2.36. The Balaban J connectivity index is 1.59. The summed E-state index contributed by atoms with van der Waals surface area (Å²) in [5.74, 6) is 2.56. The molecule has 0 spiro atoms. The lowest BCUT2D eigenvalue weighted by Gasteiger charge is -2.30. The predicted octanol–water partition coefficient (Wildman–Crippen LogP) is 3.36. The van der Waals surface area contributed by atoms with Crippen LogP contribution in [0.5, 0.6) is 17.2 Å². The molecule has 3 rings (SSSR count). The van der Waals surface area contributed by atoms with Crippen LogP contribution in [-0.2, 0) is 6.54 Å². The van der Waals surface area contributed by atoms with Crippen LogP contribution in [0.4, 0.5) is 0 Å². The minimum atomic E-state index is 0.0584. The third-order valence-corrected chi connectivity index (χ3v) is 4.04. The summed E-state index contributed by atoms with van der Waals surface area (Å²) in [5.41, 5.74) is 1.27. The fourth-order valence-corrected chi connectivity index (χ4v) is 2.74. The Morgan fingerprint density at radius 2 is 1.83 bits per heavy atom. The number of rotatable bonds is 6. The van der Waals surface area contributed by atoms with E-state index < -0.39 is 0 Å². The molecule has 0 saturated carbocycles. The monoisotopic (exact) mass is 313 g/mol. The van der Waals surface area contributed by atoms with E-state index in [1.807, 2.05) is 36.4 Å². The van der Waals surface area contributed by atoms with Crippen molar-refractivity contribution in [3.63, 3.8) is 0 Å². The maximum Gasteiger partial charge on any atom is 0.161 e. The zero-order valence-corrected chi connectivity index (χ0v) is 13.7. The average molecular weight is 313 g/mol. The van der Waals surface area contributed by atoms with Crippen LogP contribution in [0.15, 0.2) is 48.5 Å². The van der Waals surface area contributed by atoms with Crippen LogP contribution in [0.1, 0.15) is 12.5 Å². The number of hydrogen-bond donors (Lipinski definition) is 0. The van der Waals surface area contributed by atoms with E-state index in [-0.39, 0.29) is 6.10 Å². The summed E-state index contributed by atoms with van der Waals surface area (Å²) >= 11 is 0. The summed E-state index contributed by atoms with van der Waals surface area (Å²) in [6, 6.07) is 16.1. The molecule has 2 aromatic carbocycles. The molecule has 1 aliphatic rings. The van der Waals surface area contributed by atoms with Crippen LogP contribution in [-0.4, -0.2) is 37.8 Å². The number of ether oxygens (including phenoxy) is 3. The molecule has 4 heteroatoms. The summed E-state index contributed by atoms with van der Waals surface area (Å²) in [6.45, 7) is 5.46. The van der Waals surface area contributed by atoms with Crippen molar-refractivity contribution in [2.24, 2.45) is 0 Å². The van der Waals surface area contributed by atoms with Gasteiger partial charge in [0.2, 0.25) is 0 Å². The van der Waals surface area contributed by atoms with Gasteiger partial charge in [-0.3, -0.25) is 4.90 Å². The Labute approximate surface area is 137 Å². The van der Waals surface area contributed by atoms with Crippen LogP contribution in [0.25, 0.3) is 0 Å². The van der Waals surface area contributed by atoms with E-state index >= 15 is 0 Å². The molecular formula is C19H23NO3. The molecule has 0 saturated heterocycles. The van der Waals surface area contributed by atoms with Gasteiger partial charge in [0.1, 0.15) is 18.5 Å². The van der Waals surface area contributed by atoms with Crippen molar-refractivity contribution in [3.05, 3.63) is 54.1 Å². The van der Waals surface area contributed by atoms with Crippen LogP contribution in [0.3, 0.4) is 0 Å². The van der Waals surface area contributed by atoms with E-state index in [4.69, 9.17) is 14.2 Å². The van der Waals surface area contributed by atoms with Crippen molar-refractivity contribution in [2.45, 2.75) is 19.6 Å². The van der Waals surface area contributed by atoms with Gasteiger partial charge in [-0.2, -0.15) is 0 Å². The lowest BCUT2D eigenvalue weighted by Crippen LogP contribution is -2.40. The second kappa shape index (κ2) is 7.38. The van der Waals surface area contributed by atoms with Gasteiger partial charge in [0.25, 0.3) is 0 Å². The Bertz CT molecular complexity index is 627. The molecule has 1 unspecified atom stereocenters. The standard InChI is InChI=1S/C19H23NO3/c1-3-20(12-15-8-10-16(21-2)11-9-15)13-17-14-22-18-6-4-5-7-19(18)23-17/h4-11,17H,3,12-14H2,1-2H3. The minimum Gasteiger partial charge on any atom is -0.497 e. The lowest BCUT2D eigenvalue weighted by atomic mass is 10.2.